The number of anilines is 1. The topological polar surface area (TPSA) is 86.9 Å². The monoisotopic (exact) mass is 363 g/mol. The summed E-state index contributed by atoms with van der Waals surface area (Å²) in [7, 11) is 1.72. The molecule has 8 heteroatoms. The van der Waals surface area contributed by atoms with Crippen LogP contribution >= 0.6 is 0 Å². The maximum atomic E-state index is 12.2. The molecule has 1 aliphatic rings. The van der Waals surface area contributed by atoms with E-state index in [9.17, 15) is 4.79 Å². The van der Waals surface area contributed by atoms with Gasteiger partial charge in [-0.3, -0.25) is 14.2 Å². The number of nitrogens with zero attached hydrogens (tertiary/aromatic N) is 5. The Balaban J connectivity index is 1.32. The van der Waals surface area contributed by atoms with E-state index >= 15 is 0 Å². The van der Waals surface area contributed by atoms with E-state index in [1.54, 1.807) is 7.05 Å². The van der Waals surface area contributed by atoms with Gasteiger partial charge in [-0.15, -0.1) is 10.2 Å². The van der Waals surface area contributed by atoms with Crippen molar-refractivity contribution < 1.29 is 4.79 Å². The summed E-state index contributed by atoms with van der Waals surface area (Å²) in [4.78, 5) is 18.3. The van der Waals surface area contributed by atoms with Gasteiger partial charge in [-0.1, -0.05) is 24.3 Å². The van der Waals surface area contributed by atoms with E-state index in [-0.39, 0.29) is 5.91 Å². The standard InChI is InChI=1S/C19H21N7O/c1-20-19(22-13-17-24-23-16-8-4-5-10-26(16)17)21-9-11-25-15-7-3-2-6-14(15)12-18(25)27/h2-8,10H,9,11-13H2,1H3,(H2,20,21,22). The smallest absolute Gasteiger partial charge is 0.231 e. The lowest BCUT2D eigenvalue weighted by Crippen LogP contribution is -2.42. The summed E-state index contributed by atoms with van der Waals surface area (Å²) in [6.07, 6.45) is 2.40. The molecular formula is C19H21N7O. The lowest BCUT2D eigenvalue weighted by atomic mass is 10.2. The van der Waals surface area contributed by atoms with Crippen LogP contribution in [0.15, 0.2) is 53.7 Å². The minimum Gasteiger partial charge on any atom is -0.355 e. The molecular weight excluding hydrogens is 342 g/mol. The second-order valence-electron chi connectivity index (χ2n) is 6.25. The third-order valence-corrected chi connectivity index (χ3v) is 4.57. The number of rotatable bonds is 5. The lowest BCUT2D eigenvalue weighted by molar-refractivity contribution is -0.117. The number of hydrogen-bond donors (Lipinski definition) is 2. The van der Waals surface area contributed by atoms with E-state index in [1.165, 1.54) is 0 Å². The van der Waals surface area contributed by atoms with E-state index in [1.807, 2.05) is 58.0 Å². The summed E-state index contributed by atoms with van der Waals surface area (Å²) in [5.74, 6) is 1.59. The first-order valence-electron chi connectivity index (χ1n) is 8.87. The Hall–Kier alpha value is -3.42. The Morgan fingerprint density at radius 2 is 2.00 bits per heavy atom. The minimum absolute atomic E-state index is 0.135. The lowest BCUT2D eigenvalue weighted by Gasteiger charge is -2.19. The number of para-hydroxylation sites is 1. The van der Waals surface area contributed by atoms with Gasteiger partial charge in [-0.2, -0.15) is 0 Å². The van der Waals surface area contributed by atoms with E-state index in [2.05, 4.69) is 25.8 Å². The van der Waals surface area contributed by atoms with Crippen molar-refractivity contribution in [2.24, 2.45) is 4.99 Å². The third kappa shape index (κ3) is 3.46. The van der Waals surface area contributed by atoms with Crippen molar-refractivity contribution in [2.45, 2.75) is 13.0 Å². The molecule has 0 bridgehead atoms. The molecule has 1 aromatic carbocycles. The number of aromatic nitrogens is 3. The summed E-state index contributed by atoms with van der Waals surface area (Å²) >= 11 is 0. The van der Waals surface area contributed by atoms with Crippen LogP contribution < -0.4 is 15.5 Å². The second-order valence-corrected chi connectivity index (χ2v) is 6.25. The number of benzene rings is 1. The minimum atomic E-state index is 0.135. The molecule has 1 amide bonds. The van der Waals surface area contributed by atoms with Crippen molar-refractivity contribution in [2.75, 3.05) is 25.0 Å². The van der Waals surface area contributed by atoms with E-state index in [4.69, 9.17) is 0 Å². The Kier molecular flexibility index (Phi) is 4.69. The van der Waals surface area contributed by atoms with Gasteiger partial charge >= 0.3 is 0 Å². The molecule has 3 aromatic rings. The molecule has 138 valence electrons. The van der Waals surface area contributed by atoms with E-state index < -0.39 is 0 Å². The molecule has 3 heterocycles. The molecule has 0 atom stereocenters. The summed E-state index contributed by atoms with van der Waals surface area (Å²) in [6, 6.07) is 13.7. The molecule has 0 unspecified atom stereocenters. The summed E-state index contributed by atoms with van der Waals surface area (Å²) in [5.41, 5.74) is 2.90. The molecule has 0 saturated carbocycles. The number of aliphatic imine (C=N–C) groups is 1. The first-order chi connectivity index (χ1) is 13.3. The fourth-order valence-corrected chi connectivity index (χ4v) is 3.24. The highest BCUT2D eigenvalue weighted by Gasteiger charge is 2.26. The SMILES string of the molecule is CN=C(NCCN1C(=O)Cc2ccccc21)NCc1nnc2ccccn12. The molecule has 0 aliphatic carbocycles. The van der Waals surface area contributed by atoms with Crippen LogP contribution in [0.25, 0.3) is 5.65 Å². The molecule has 27 heavy (non-hydrogen) atoms. The number of hydrogen-bond acceptors (Lipinski definition) is 4. The van der Waals surface area contributed by atoms with Crippen LogP contribution in [0.2, 0.25) is 0 Å². The van der Waals surface area contributed by atoms with Gasteiger partial charge < -0.3 is 15.5 Å². The largest absolute Gasteiger partial charge is 0.355 e. The number of guanidine groups is 1. The van der Waals surface area contributed by atoms with Crippen LogP contribution in [0, 0.1) is 0 Å². The van der Waals surface area contributed by atoms with Crippen LogP contribution in [0.4, 0.5) is 5.69 Å². The average Bonchev–Trinajstić information content (AvgIpc) is 3.25. The van der Waals surface area contributed by atoms with Crippen molar-refractivity contribution in [3.05, 3.63) is 60.0 Å². The van der Waals surface area contributed by atoms with Crippen LogP contribution in [0.5, 0.6) is 0 Å². The molecule has 2 N–H and O–H groups in total. The van der Waals surface area contributed by atoms with Crippen molar-refractivity contribution >= 4 is 23.2 Å². The van der Waals surface area contributed by atoms with Gasteiger partial charge in [0.15, 0.2) is 17.4 Å². The highest BCUT2D eigenvalue weighted by Crippen LogP contribution is 2.27. The van der Waals surface area contributed by atoms with Crippen molar-refractivity contribution in [1.29, 1.82) is 0 Å². The van der Waals surface area contributed by atoms with Crippen LogP contribution in [0.1, 0.15) is 11.4 Å². The van der Waals surface area contributed by atoms with Crippen molar-refractivity contribution in [3.8, 4) is 0 Å². The van der Waals surface area contributed by atoms with Crippen molar-refractivity contribution in [1.82, 2.24) is 25.2 Å². The molecule has 2 aromatic heterocycles. The Morgan fingerprint density at radius 3 is 2.89 bits per heavy atom. The van der Waals surface area contributed by atoms with Gasteiger partial charge in [0.2, 0.25) is 5.91 Å². The fourth-order valence-electron chi connectivity index (χ4n) is 3.24. The highest BCUT2D eigenvalue weighted by molar-refractivity contribution is 6.01. The number of carbonyl (C=O) groups excluding carboxylic acids is 1. The number of nitrogens with one attached hydrogen (secondary N) is 2. The second kappa shape index (κ2) is 7.45. The third-order valence-electron chi connectivity index (χ3n) is 4.57. The quantitative estimate of drug-likeness (QED) is 0.521. The summed E-state index contributed by atoms with van der Waals surface area (Å²) in [5, 5.41) is 14.8. The maximum absolute atomic E-state index is 12.2. The predicted molar refractivity (Wildman–Crippen MR) is 104 cm³/mol. The Labute approximate surface area is 156 Å². The molecule has 0 saturated heterocycles. The average molecular weight is 363 g/mol. The van der Waals surface area contributed by atoms with Crippen LogP contribution in [-0.2, 0) is 17.8 Å². The zero-order valence-electron chi connectivity index (χ0n) is 15.1. The van der Waals surface area contributed by atoms with E-state index in [0.717, 1.165) is 22.7 Å². The Morgan fingerprint density at radius 1 is 1.15 bits per heavy atom. The molecule has 4 rings (SSSR count). The summed E-state index contributed by atoms with van der Waals surface area (Å²) in [6.45, 7) is 1.68. The maximum Gasteiger partial charge on any atom is 0.231 e. The van der Waals surface area contributed by atoms with Gasteiger partial charge in [0.05, 0.1) is 13.0 Å². The molecule has 8 nitrogen and oxygen atoms in total. The summed E-state index contributed by atoms with van der Waals surface area (Å²) < 4.78 is 1.93. The van der Waals surface area contributed by atoms with Gasteiger partial charge in [0.25, 0.3) is 0 Å². The molecule has 0 spiro atoms. The molecule has 0 radical (unpaired) electrons. The van der Waals surface area contributed by atoms with Crippen LogP contribution in [0.3, 0.4) is 0 Å². The number of carbonyl (C=O) groups is 1. The van der Waals surface area contributed by atoms with Gasteiger partial charge in [0, 0.05) is 32.0 Å². The zero-order chi connectivity index (χ0) is 18.6. The van der Waals surface area contributed by atoms with Crippen molar-refractivity contribution in [3.63, 3.8) is 0 Å². The normalized spacial score (nSPS) is 13.9. The van der Waals surface area contributed by atoms with Gasteiger partial charge in [0.1, 0.15) is 0 Å². The first kappa shape index (κ1) is 17.0. The van der Waals surface area contributed by atoms with Gasteiger partial charge in [-0.25, -0.2) is 0 Å². The fraction of sp³-hybridized carbons (Fsp3) is 0.263. The number of fused-ring (bicyclic) bond motifs is 2. The predicted octanol–water partition coefficient (Wildman–Crippen LogP) is 0.984. The van der Waals surface area contributed by atoms with E-state index in [0.29, 0.717) is 32.0 Å². The number of pyridine rings is 1. The van der Waals surface area contributed by atoms with Gasteiger partial charge in [-0.05, 0) is 23.8 Å². The zero-order valence-corrected chi connectivity index (χ0v) is 15.1. The highest BCUT2D eigenvalue weighted by atomic mass is 16.2. The number of amides is 1. The Bertz CT molecular complexity index is 994. The molecule has 0 fully saturated rings. The molecule has 1 aliphatic heterocycles. The first-order valence-corrected chi connectivity index (χ1v) is 8.87. The van der Waals surface area contributed by atoms with Crippen LogP contribution in [-0.4, -0.2) is 46.6 Å².